The Hall–Kier alpha value is -1.14. The fourth-order valence-corrected chi connectivity index (χ4v) is 1.67. The summed E-state index contributed by atoms with van der Waals surface area (Å²) in [5, 5.41) is 11.0. The molecule has 0 bridgehead atoms. The molecule has 0 radical (unpaired) electrons. The van der Waals surface area contributed by atoms with Gasteiger partial charge in [-0.2, -0.15) is 0 Å². The van der Waals surface area contributed by atoms with Gasteiger partial charge in [-0.05, 0) is 19.4 Å². The summed E-state index contributed by atoms with van der Waals surface area (Å²) in [6.45, 7) is 0.940. The average Bonchev–Trinajstić information content (AvgIpc) is 2.50. The molecule has 1 atom stereocenters. The van der Waals surface area contributed by atoms with E-state index >= 15 is 0 Å². The number of aliphatic hydroxyl groups is 1. The number of likely N-dealkylation sites (tertiary alicyclic amines) is 1. The number of urea groups is 1. The fraction of sp³-hybridized carbons (Fsp3) is 0.750. The number of imide groups is 1. The molecule has 1 saturated heterocycles. The van der Waals surface area contributed by atoms with Crippen molar-refractivity contribution in [3.05, 3.63) is 0 Å². The smallest absolute Gasteiger partial charge is 0.318 e. The molecular formula is C8H15N3O3. The van der Waals surface area contributed by atoms with Crippen LogP contribution >= 0.6 is 0 Å². The van der Waals surface area contributed by atoms with E-state index in [1.165, 1.54) is 0 Å². The molecule has 6 heteroatoms. The van der Waals surface area contributed by atoms with Crippen molar-refractivity contribution in [1.82, 2.24) is 10.2 Å². The summed E-state index contributed by atoms with van der Waals surface area (Å²) in [5.41, 5.74) is 4.80. The first-order valence-corrected chi connectivity index (χ1v) is 4.57. The first-order chi connectivity index (χ1) is 6.63. The van der Waals surface area contributed by atoms with E-state index in [9.17, 15) is 9.59 Å². The molecule has 0 unspecified atom stereocenters. The number of hydrogen-bond acceptors (Lipinski definition) is 4. The Labute approximate surface area is 82.1 Å². The van der Waals surface area contributed by atoms with Crippen molar-refractivity contribution in [2.75, 3.05) is 19.7 Å². The zero-order valence-electron chi connectivity index (χ0n) is 7.90. The van der Waals surface area contributed by atoms with Crippen LogP contribution in [0.1, 0.15) is 12.8 Å². The van der Waals surface area contributed by atoms with Crippen molar-refractivity contribution in [1.29, 1.82) is 0 Å². The summed E-state index contributed by atoms with van der Waals surface area (Å²) in [7, 11) is 0. The lowest BCUT2D eigenvalue weighted by Gasteiger charge is -2.21. The van der Waals surface area contributed by atoms with E-state index in [0.717, 1.165) is 19.4 Å². The normalized spacial score (nSPS) is 22.2. The number of carbonyl (C=O) groups is 2. The van der Waals surface area contributed by atoms with E-state index in [1.807, 2.05) is 10.2 Å². The molecule has 6 nitrogen and oxygen atoms in total. The highest BCUT2D eigenvalue weighted by atomic mass is 16.3. The van der Waals surface area contributed by atoms with E-state index in [4.69, 9.17) is 10.8 Å². The number of rotatable bonds is 3. The minimum absolute atomic E-state index is 0.0358. The van der Waals surface area contributed by atoms with E-state index < -0.39 is 11.9 Å². The first-order valence-electron chi connectivity index (χ1n) is 4.57. The van der Waals surface area contributed by atoms with Gasteiger partial charge in [0.1, 0.15) is 0 Å². The van der Waals surface area contributed by atoms with Crippen LogP contribution in [-0.2, 0) is 4.79 Å². The summed E-state index contributed by atoms with van der Waals surface area (Å²) in [6.07, 6.45) is 1.86. The molecule has 3 amide bonds. The second kappa shape index (κ2) is 4.92. The Kier molecular flexibility index (Phi) is 3.84. The van der Waals surface area contributed by atoms with Gasteiger partial charge in [-0.15, -0.1) is 0 Å². The topological polar surface area (TPSA) is 95.7 Å². The van der Waals surface area contributed by atoms with E-state index in [1.54, 1.807) is 0 Å². The SMILES string of the molecule is NC(=O)NC(=O)CN1CCC[C@@H]1CO. The van der Waals surface area contributed by atoms with Gasteiger partial charge in [0.2, 0.25) is 5.91 Å². The Morgan fingerprint density at radius 2 is 2.29 bits per heavy atom. The molecule has 1 aliphatic rings. The van der Waals surface area contributed by atoms with Crippen molar-refractivity contribution >= 4 is 11.9 Å². The number of nitrogens with zero attached hydrogens (tertiary/aromatic N) is 1. The number of primary amides is 1. The maximum absolute atomic E-state index is 11.1. The molecule has 1 fully saturated rings. The van der Waals surface area contributed by atoms with Crippen molar-refractivity contribution < 1.29 is 14.7 Å². The summed E-state index contributed by atoms with van der Waals surface area (Å²) in [4.78, 5) is 23.3. The Morgan fingerprint density at radius 1 is 1.57 bits per heavy atom. The fourth-order valence-electron chi connectivity index (χ4n) is 1.67. The molecule has 0 aromatic rings. The number of amides is 3. The maximum atomic E-state index is 11.1. The van der Waals surface area contributed by atoms with Gasteiger partial charge in [0, 0.05) is 6.04 Å². The molecule has 80 valence electrons. The second-order valence-electron chi connectivity index (χ2n) is 3.36. The standard InChI is InChI=1S/C8H15N3O3/c9-8(14)10-7(13)4-11-3-1-2-6(11)5-12/h6,12H,1-5H2,(H3,9,10,13,14)/t6-/m1/s1. The highest BCUT2D eigenvalue weighted by molar-refractivity contribution is 5.94. The lowest BCUT2D eigenvalue weighted by molar-refractivity contribution is -0.121. The predicted octanol–water partition coefficient (Wildman–Crippen LogP) is -1.36. The largest absolute Gasteiger partial charge is 0.395 e. The van der Waals surface area contributed by atoms with Gasteiger partial charge >= 0.3 is 6.03 Å². The minimum Gasteiger partial charge on any atom is -0.395 e. The Morgan fingerprint density at radius 3 is 2.86 bits per heavy atom. The molecule has 14 heavy (non-hydrogen) atoms. The third kappa shape index (κ3) is 2.97. The zero-order valence-corrected chi connectivity index (χ0v) is 7.90. The molecule has 0 saturated carbocycles. The van der Waals surface area contributed by atoms with Crippen LogP contribution in [0.15, 0.2) is 0 Å². The summed E-state index contributed by atoms with van der Waals surface area (Å²) in [5.74, 6) is -0.419. The van der Waals surface area contributed by atoms with E-state index in [0.29, 0.717) is 0 Å². The first kappa shape index (κ1) is 10.9. The summed E-state index contributed by atoms with van der Waals surface area (Å²) < 4.78 is 0. The molecule has 0 aromatic heterocycles. The zero-order chi connectivity index (χ0) is 10.6. The van der Waals surface area contributed by atoms with Crippen LogP contribution in [0.25, 0.3) is 0 Å². The molecule has 0 spiro atoms. The van der Waals surface area contributed by atoms with Crippen molar-refractivity contribution in [3.63, 3.8) is 0 Å². The maximum Gasteiger partial charge on any atom is 0.318 e. The Bertz CT molecular complexity index is 232. The van der Waals surface area contributed by atoms with E-state index in [2.05, 4.69) is 0 Å². The van der Waals surface area contributed by atoms with Gasteiger partial charge in [0.15, 0.2) is 0 Å². The Balaban J connectivity index is 2.35. The van der Waals surface area contributed by atoms with Crippen molar-refractivity contribution in [2.24, 2.45) is 5.73 Å². The van der Waals surface area contributed by atoms with Crippen LogP contribution in [0.3, 0.4) is 0 Å². The molecule has 0 aromatic carbocycles. The minimum atomic E-state index is -0.838. The second-order valence-corrected chi connectivity index (χ2v) is 3.36. The van der Waals surface area contributed by atoms with Crippen LogP contribution in [0.2, 0.25) is 0 Å². The van der Waals surface area contributed by atoms with Crippen LogP contribution in [0, 0.1) is 0 Å². The van der Waals surface area contributed by atoms with Gasteiger partial charge in [-0.3, -0.25) is 15.0 Å². The van der Waals surface area contributed by atoms with Gasteiger partial charge < -0.3 is 10.8 Å². The number of aliphatic hydroxyl groups excluding tert-OH is 1. The third-order valence-corrected chi connectivity index (χ3v) is 2.32. The van der Waals surface area contributed by atoms with Crippen LogP contribution in [-0.4, -0.2) is 47.7 Å². The predicted molar refractivity (Wildman–Crippen MR) is 49.4 cm³/mol. The van der Waals surface area contributed by atoms with Gasteiger partial charge in [0.05, 0.1) is 13.2 Å². The van der Waals surface area contributed by atoms with Gasteiger partial charge in [-0.25, -0.2) is 4.79 Å². The number of hydrogen-bond donors (Lipinski definition) is 3. The van der Waals surface area contributed by atoms with Crippen molar-refractivity contribution in [3.8, 4) is 0 Å². The molecular weight excluding hydrogens is 186 g/mol. The summed E-state index contributed by atoms with van der Waals surface area (Å²) >= 11 is 0. The molecule has 0 aliphatic carbocycles. The van der Waals surface area contributed by atoms with E-state index in [-0.39, 0.29) is 19.2 Å². The highest BCUT2D eigenvalue weighted by Gasteiger charge is 2.25. The lowest BCUT2D eigenvalue weighted by atomic mass is 10.2. The van der Waals surface area contributed by atoms with Crippen LogP contribution < -0.4 is 11.1 Å². The number of nitrogens with two attached hydrogens (primary N) is 1. The molecule has 1 heterocycles. The van der Waals surface area contributed by atoms with Gasteiger partial charge in [0.25, 0.3) is 0 Å². The molecule has 1 rings (SSSR count). The quantitative estimate of drug-likeness (QED) is 0.525. The molecule has 1 aliphatic heterocycles. The number of carbonyl (C=O) groups excluding carboxylic acids is 2. The van der Waals surface area contributed by atoms with Gasteiger partial charge in [-0.1, -0.05) is 0 Å². The average molecular weight is 201 g/mol. The number of nitrogens with one attached hydrogen (secondary N) is 1. The van der Waals surface area contributed by atoms with Crippen LogP contribution in [0.4, 0.5) is 4.79 Å². The van der Waals surface area contributed by atoms with Crippen LogP contribution in [0.5, 0.6) is 0 Å². The third-order valence-electron chi connectivity index (χ3n) is 2.32. The molecule has 4 N–H and O–H groups in total. The monoisotopic (exact) mass is 201 g/mol. The lowest BCUT2D eigenvalue weighted by Crippen LogP contribution is -2.44. The summed E-state index contributed by atoms with van der Waals surface area (Å²) in [6, 6.07) is -0.802. The highest BCUT2D eigenvalue weighted by Crippen LogP contribution is 2.15. The van der Waals surface area contributed by atoms with Crippen molar-refractivity contribution in [2.45, 2.75) is 18.9 Å².